The maximum absolute atomic E-state index is 13.6. The zero-order valence-corrected chi connectivity index (χ0v) is 16.6. The monoisotopic (exact) mass is 413 g/mol. The molecule has 0 spiro atoms. The Balaban J connectivity index is 1.45. The van der Waals surface area contributed by atoms with Crippen LogP contribution >= 0.6 is 0 Å². The van der Waals surface area contributed by atoms with Crippen molar-refractivity contribution >= 4 is 29.3 Å². The van der Waals surface area contributed by atoms with Crippen LogP contribution < -0.4 is 10.6 Å². The molecule has 2 aromatic carbocycles. The Morgan fingerprint density at radius 2 is 1.63 bits per heavy atom. The van der Waals surface area contributed by atoms with Crippen LogP contribution in [0.15, 0.2) is 54.6 Å². The zero-order chi connectivity index (χ0) is 21.5. The zero-order valence-electron chi connectivity index (χ0n) is 16.6. The van der Waals surface area contributed by atoms with Crippen molar-refractivity contribution in [3.05, 3.63) is 60.4 Å². The molecule has 1 atom stereocenters. The van der Waals surface area contributed by atoms with Gasteiger partial charge in [0.1, 0.15) is 5.82 Å². The van der Waals surface area contributed by atoms with Crippen LogP contribution in [-0.2, 0) is 14.3 Å². The highest BCUT2D eigenvalue weighted by Crippen LogP contribution is 2.21. The molecule has 8 heteroatoms. The number of amides is 3. The van der Waals surface area contributed by atoms with E-state index < -0.39 is 29.7 Å². The molecule has 1 saturated heterocycles. The van der Waals surface area contributed by atoms with Crippen LogP contribution in [0, 0.1) is 11.7 Å². The molecular weight excluding hydrogens is 389 g/mol. The molecule has 2 aromatic rings. The Bertz CT molecular complexity index is 898. The number of para-hydroxylation sites is 2. The van der Waals surface area contributed by atoms with Gasteiger partial charge in [0.15, 0.2) is 6.10 Å². The average molecular weight is 413 g/mol. The van der Waals surface area contributed by atoms with E-state index in [1.807, 2.05) is 18.2 Å². The minimum atomic E-state index is -1.06. The summed E-state index contributed by atoms with van der Waals surface area (Å²) < 4.78 is 18.9. The summed E-state index contributed by atoms with van der Waals surface area (Å²) in [6, 6.07) is 14.7. The van der Waals surface area contributed by atoms with E-state index >= 15 is 0 Å². The number of carbonyl (C=O) groups is 3. The number of likely N-dealkylation sites (tertiary alicyclic amines) is 1. The molecule has 0 aliphatic carbocycles. The van der Waals surface area contributed by atoms with E-state index in [4.69, 9.17) is 4.74 Å². The Labute approximate surface area is 174 Å². The van der Waals surface area contributed by atoms with Crippen molar-refractivity contribution in [3.8, 4) is 0 Å². The normalized spacial score (nSPS) is 15.2. The molecule has 7 nitrogen and oxygen atoms in total. The summed E-state index contributed by atoms with van der Waals surface area (Å²) >= 11 is 0. The molecule has 1 aliphatic heterocycles. The molecule has 30 heavy (non-hydrogen) atoms. The maximum atomic E-state index is 13.6. The molecule has 3 amide bonds. The smallest absolute Gasteiger partial charge is 0.321 e. The lowest BCUT2D eigenvalue weighted by molar-refractivity contribution is -0.158. The quantitative estimate of drug-likeness (QED) is 0.733. The van der Waals surface area contributed by atoms with Crippen LogP contribution in [-0.4, -0.2) is 42.0 Å². The summed E-state index contributed by atoms with van der Waals surface area (Å²) in [5.74, 6) is -2.05. The average Bonchev–Trinajstić information content (AvgIpc) is 2.76. The topological polar surface area (TPSA) is 87.7 Å². The van der Waals surface area contributed by atoms with Gasteiger partial charge in [-0.2, -0.15) is 0 Å². The van der Waals surface area contributed by atoms with Gasteiger partial charge in [0.25, 0.3) is 5.91 Å². The standard InChI is InChI=1S/C22H24FN3O4/c1-15(20(27)25-19-10-6-5-9-18(19)23)30-21(28)16-11-13-26(14-12-16)22(29)24-17-7-3-2-4-8-17/h2-10,15-16H,11-14H2,1H3,(H,24,29)(H,25,27)/t15-/m0/s1. The van der Waals surface area contributed by atoms with E-state index in [1.165, 1.54) is 25.1 Å². The molecular formula is C22H24FN3O4. The number of nitrogens with one attached hydrogen (secondary N) is 2. The van der Waals surface area contributed by atoms with Crippen LogP contribution in [0.3, 0.4) is 0 Å². The van der Waals surface area contributed by atoms with E-state index in [2.05, 4.69) is 10.6 Å². The van der Waals surface area contributed by atoms with Gasteiger partial charge in [0.2, 0.25) is 0 Å². The number of hydrogen-bond donors (Lipinski definition) is 2. The number of halogens is 1. The SMILES string of the molecule is C[C@H](OC(=O)C1CCN(C(=O)Nc2ccccc2)CC1)C(=O)Nc1ccccc1F. The number of esters is 1. The van der Waals surface area contributed by atoms with Gasteiger partial charge in [-0.3, -0.25) is 9.59 Å². The third-order valence-corrected chi connectivity index (χ3v) is 4.93. The van der Waals surface area contributed by atoms with E-state index in [-0.39, 0.29) is 11.7 Å². The lowest BCUT2D eigenvalue weighted by atomic mass is 9.97. The van der Waals surface area contributed by atoms with E-state index in [1.54, 1.807) is 23.1 Å². The van der Waals surface area contributed by atoms with Crippen LogP contribution in [0.1, 0.15) is 19.8 Å². The highest BCUT2D eigenvalue weighted by molar-refractivity contribution is 5.95. The summed E-state index contributed by atoms with van der Waals surface area (Å²) in [5, 5.41) is 5.23. The first-order valence-corrected chi connectivity index (χ1v) is 9.81. The fourth-order valence-electron chi connectivity index (χ4n) is 3.16. The summed E-state index contributed by atoms with van der Waals surface area (Å²) in [6.45, 7) is 2.26. The van der Waals surface area contributed by atoms with Crippen LogP contribution in [0.5, 0.6) is 0 Å². The van der Waals surface area contributed by atoms with Crippen molar-refractivity contribution in [1.82, 2.24) is 4.90 Å². The third kappa shape index (κ3) is 5.56. The summed E-state index contributed by atoms with van der Waals surface area (Å²) in [5.41, 5.74) is 0.738. The van der Waals surface area contributed by atoms with E-state index in [0.29, 0.717) is 31.6 Å². The fraction of sp³-hybridized carbons (Fsp3) is 0.318. The van der Waals surface area contributed by atoms with Gasteiger partial charge in [-0.25, -0.2) is 9.18 Å². The Morgan fingerprint density at radius 1 is 1.00 bits per heavy atom. The highest BCUT2D eigenvalue weighted by atomic mass is 19.1. The van der Waals surface area contributed by atoms with Gasteiger partial charge < -0.3 is 20.3 Å². The summed E-state index contributed by atoms with van der Waals surface area (Å²) in [6.07, 6.45) is -0.165. The van der Waals surface area contributed by atoms with E-state index in [0.717, 1.165) is 0 Å². The molecule has 0 unspecified atom stereocenters. The van der Waals surface area contributed by atoms with Gasteiger partial charge in [0.05, 0.1) is 11.6 Å². The number of benzene rings is 2. The number of rotatable bonds is 5. The number of hydrogen-bond acceptors (Lipinski definition) is 4. The van der Waals surface area contributed by atoms with Crippen LogP contribution in [0.4, 0.5) is 20.6 Å². The van der Waals surface area contributed by atoms with Crippen molar-refractivity contribution in [2.24, 2.45) is 5.92 Å². The molecule has 0 saturated carbocycles. The largest absolute Gasteiger partial charge is 0.452 e. The van der Waals surface area contributed by atoms with Gasteiger partial charge in [-0.05, 0) is 44.0 Å². The number of nitrogens with zero attached hydrogens (tertiary/aromatic N) is 1. The Hall–Kier alpha value is -3.42. The number of urea groups is 1. The molecule has 1 aliphatic rings. The Kier molecular flexibility index (Phi) is 7.00. The van der Waals surface area contributed by atoms with Crippen molar-refractivity contribution in [3.63, 3.8) is 0 Å². The van der Waals surface area contributed by atoms with Crippen LogP contribution in [0.2, 0.25) is 0 Å². The number of ether oxygens (including phenoxy) is 1. The first kappa shape index (κ1) is 21.3. The highest BCUT2D eigenvalue weighted by Gasteiger charge is 2.30. The summed E-state index contributed by atoms with van der Waals surface area (Å²) in [4.78, 5) is 38.6. The van der Waals surface area contributed by atoms with Gasteiger partial charge >= 0.3 is 12.0 Å². The lowest BCUT2D eigenvalue weighted by Crippen LogP contribution is -2.43. The van der Waals surface area contributed by atoms with Crippen molar-refractivity contribution in [2.75, 3.05) is 23.7 Å². The molecule has 1 fully saturated rings. The first-order valence-electron chi connectivity index (χ1n) is 9.81. The van der Waals surface area contributed by atoms with Gasteiger partial charge in [-0.15, -0.1) is 0 Å². The number of carbonyl (C=O) groups excluding carboxylic acids is 3. The van der Waals surface area contributed by atoms with Gasteiger partial charge in [0, 0.05) is 18.8 Å². The number of anilines is 2. The molecule has 3 rings (SSSR count). The molecule has 158 valence electrons. The predicted octanol–water partition coefficient (Wildman–Crippen LogP) is 3.64. The lowest BCUT2D eigenvalue weighted by Gasteiger charge is -2.31. The molecule has 0 bridgehead atoms. The fourth-order valence-corrected chi connectivity index (χ4v) is 3.16. The first-order chi connectivity index (χ1) is 14.4. The van der Waals surface area contributed by atoms with Crippen molar-refractivity contribution in [1.29, 1.82) is 0 Å². The third-order valence-electron chi connectivity index (χ3n) is 4.93. The summed E-state index contributed by atoms with van der Waals surface area (Å²) in [7, 11) is 0. The van der Waals surface area contributed by atoms with E-state index in [9.17, 15) is 18.8 Å². The molecule has 1 heterocycles. The molecule has 0 radical (unpaired) electrons. The van der Waals surface area contributed by atoms with Crippen molar-refractivity contribution < 1.29 is 23.5 Å². The molecule has 2 N–H and O–H groups in total. The van der Waals surface area contributed by atoms with Crippen LogP contribution in [0.25, 0.3) is 0 Å². The predicted molar refractivity (Wildman–Crippen MR) is 110 cm³/mol. The minimum absolute atomic E-state index is 0.0307. The minimum Gasteiger partial charge on any atom is -0.452 e. The second-order valence-corrected chi connectivity index (χ2v) is 7.11. The second-order valence-electron chi connectivity index (χ2n) is 7.11. The molecule has 0 aromatic heterocycles. The maximum Gasteiger partial charge on any atom is 0.321 e. The Morgan fingerprint density at radius 3 is 2.30 bits per heavy atom. The second kappa shape index (κ2) is 9.87. The number of piperidine rings is 1. The van der Waals surface area contributed by atoms with Crippen molar-refractivity contribution in [2.45, 2.75) is 25.9 Å². The van der Waals surface area contributed by atoms with Gasteiger partial charge in [-0.1, -0.05) is 30.3 Å².